The van der Waals surface area contributed by atoms with Crippen molar-refractivity contribution >= 4 is 0 Å². The molecule has 0 heteroatoms. The van der Waals surface area contributed by atoms with E-state index in [1.54, 1.807) is 0 Å². The Morgan fingerprint density at radius 1 is 0.500 bits per heavy atom. The Balaban J connectivity index is 2.16. The Morgan fingerprint density at radius 3 is 1.80 bits per heavy atom. The predicted molar refractivity (Wildman–Crippen MR) is 86.8 cm³/mol. The summed E-state index contributed by atoms with van der Waals surface area (Å²) in [6.45, 7) is 4.26. The van der Waals surface area contributed by atoms with Crippen molar-refractivity contribution in [3.8, 4) is 22.3 Å². The first-order valence-corrected chi connectivity index (χ1v) is 6.97. The van der Waals surface area contributed by atoms with Crippen LogP contribution in [-0.4, -0.2) is 0 Å². The van der Waals surface area contributed by atoms with E-state index in [0.717, 1.165) is 0 Å². The third kappa shape index (κ3) is 2.50. The lowest BCUT2D eigenvalue weighted by atomic mass is 9.93. The molecule has 0 aliphatic carbocycles. The first-order chi connectivity index (χ1) is 9.74. The summed E-state index contributed by atoms with van der Waals surface area (Å²) in [5.41, 5.74) is 7.72. The van der Waals surface area contributed by atoms with Gasteiger partial charge in [0.1, 0.15) is 0 Å². The summed E-state index contributed by atoms with van der Waals surface area (Å²) in [5, 5.41) is 0. The van der Waals surface area contributed by atoms with Gasteiger partial charge >= 0.3 is 0 Å². The number of benzene rings is 3. The van der Waals surface area contributed by atoms with E-state index in [9.17, 15) is 0 Å². The van der Waals surface area contributed by atoms with Crippen molar-refractivity contribution in [2.24, 2.45) is 0 Å². The summed E-state index contributed by atoms with van der Waals surface area (Å²) in [5.74, 6) is 0. The molecule has 3 aromatic carbocycles. The van der Waals surface area contributed by atoms with Gasteiger partial charge in [-0.15, -0.1) is 0 Å². The first kappa shape index (κ1) is 12.7. The maximum atomic E-state index is 2.24. The zero-order chi connectivity index (χ0) is 13.9. The first-order valence-electron chi connectivity index (χ1n) is 6.97. The molecule has 20 heavy (non-hydrogen) atoms. The molecule has 0 spiro atoms. The van der Waals surface area contributed by atoms with Gasteiger partial charge in [-0.25, -0.2) is 0 Å². The highest BCUT2D eigenvalue weighted by Gasteiger charge is 2.06. The van der Waals surface area contributed by atoms with Crippen LogP contribution in [0.5, 0.6) is 0 Å². The number of hydrogen-bond donors (Lipinski definition) is 0. The van der Waals surface area contributed by atoms with Crippen molar-refractivity contribution in [1.29, 1.82) is 0 Å². The lowest BCUT2D eigenvalue weighted by Crippen LogP contribution is -1.86. The number of aryl methyl sites for hydroxylation is 2. The van der Waals surface area contributed by atoms with Crippen LogP contribution in [0.15, 0.2) is 72.8 Å². The fourth-order valence-electron chi connectivity index (χ4n) is 2.53. The van der Waals surface area contributed by atoms with E-state index in [-0.39, 0.29) is 0 Å². The van der Waals surface area contributed by atoms with E-state index in [0.29, 0.717) is 0 Å². The standard InChI is InChI=1S/C20H18/c1-15-10-12-17(13-11-15)19-8-3-4-9-20(19)18-7-5-6-16(2)14-18/h3-14H,1-2H3. The molecular formula is C20H18. The number of rotatable bonds is 2. The predicted octanol–water partition coefficient (Wildman–Crippen LogP) is 5.64. The average molecular weight is 258 g/mol. The van der Waals surface area contributed by atoms with E-state index < -0.39 is 0 Å². The Kier molecular flexibility index (Phi) is 3.39. The molecule has 0 aliphatic heterocycles. The molecule has 0 saturated heterocycles. The molecule has 0 heterocycles. The van der Waals surface area contributed by atoms with Crippen molar-refractivity contribution in [2.75, 3.05) is 0 Å². The van der Waals surface area contributed by atoms with Crippen LogP contribution < -0.4 is 0 Å². The summed E-state index contributed by atoms with van der Waals surface area (Å²) in [6.07, 6.45) is 0. The zero-order valence-corrected chi connectivity index (χ0v) is 11.9. The molecule has 3 aromatic rings. The maximum Gasteiger partial charge on any atom is -0.0105 e. The fourth-order valence-corrected chi connectivity index (χ4v) is 2.53. The molecule has 98 valence electrons. The molecule has 0 radical (unpaired) electrons. The molecule has 3 rings (SSSR count). The summed E-state index contributed by atoms with van der Waals surface area (Å²) in [4.78, 5) is 0. The summed E-state index contributed by atoms with van der Waals surface area (Å²) >= 11 is 0. The highest BCUT2D eigenvalue weighted by molar-refractivity contribution is 5.83. The van der Waals surface area contributed by atoms with E-state index in [1.165, 1.54) is 33.4 Å². The van der Waals surface area contributed by atoms with Crippen LogP contribution in [0, 0.1) is 13.8 Å². The molecule has 0 aliphatic rings. The van der Waals surface area contributed by atoms with Gasteiger partial charge in [-0.2, -0.15) is 0 Å². The van der Waals surface area contributed by atoms with Crippen LogP contribution in [0.3, 0.4) is 0 Å². The van der Waals surface area contributed by atoms with Crippen molar-refractivity contribution < 1.29 is 0 Å². The minimum atomic E-state index is 1.27. The smallest absolute Gasteiger partial charge is 0.0105 e. The normalized spacial score (nSPS) is 10.5. The Morgan fingerprint density at radius 2 is 1.15 bits per heavy atom. The Labute approximate surface area is 120 Å². The monoisotopic (exact) mass is 258 g/mol. The lowest BCUT2D eigenvalue weighted by molar-refractivity contribution is 1.45. The highest BCUT2D eigenvalue weighted by Crippen LogP contribution is 2.32. The minimum absolute atomic E-state index is 1.27. The van der Waals surface area contributed by atoms with Crippen LogP contribution in [0.2, 0.25) is 0 Å². The molecule has 0 amide bonds. The third-order valence-electron chi connectivity index (χ3n) is 3.62. The Hall–Kier alpha value is -2.34. The van der Waals surface area contributed by atoms with Gasteiger partial charge in [0.2, 0.25) is 0 Å². The molecule has 0 N–H and O–H groups in total. The van der Waals surface area contributed by atoms with Gasteiger partial charge in [0, 0.05) is 0 Å². The van der Waals surface area contributed by atoms with Crippen molar-refractivity contribution in [3.63, 3.8) is 0 Å². The lowest BCUT2D eigenvalue weighted by Gasteiger charge is -2.11. The maximum absolute atomic E-state index is 2.24. The minimum Gasteiger partial charge on any atom is -0.0616 e. The molecule has 0 aromatic heterocycles. The van der Waals surface area contributed by atoms with Crippen LogP contribution >= 0.6 is 0 Å². The third-order valence-corrected chi connectivity index (χ3v) is 3.62. The van der Waals surface area contributed by atoms with Gasteiger partial charge in [-0.3, -0.25) is 0 Å². The molecule has 0 bridgehead atoms. The van der Waals surface area contributed by atoms with Gasteiger partial charge in [0.25, 0.3) is 0 Å². The second kappa shape index (κ2) is 5.34. The van der Waals surface area contributed by atoms with Crippen LogP contribution in [0.25, 0.3) is 22.3 Å². The summed E-state index contributed by atoms with van der Waals surface area (Å²) < 4.78 is 0. The highest BCUT2D eigenvalue weighted by atomic mass is 14.1. The fraction of sp³-hybridized carbons (Fsp3) is 0.100. The molecule has 0 saturated carbocycles. The van der Waals surface area contributed by atoms with Crippen molar-refractivity contribution in [1.82, 2.24) is 0 Å². The van der Waals surface area contributed by atoms with Gasteiger partial charge in [-0.1, -0.05) is 83.9 Å². The van der Waals surface area contributed by atoms with Crippen molar-refractivity contribution in [2.45, 2.75) is 13.8 Å². The van der Waals surface area contributed by atoms with E-state index in [2.05, 4.69) is 86.6 Å². The van der Waals surface area contributed by atoms with Crippen LogP contribution in [0.4, 0.5) is 0 Å². The summed E-state index contributed by atoms with van der Waals surface area (Å²) in [6, 6.07) is 26.0. The quantitative estimate of drug-likeness (QED) is 0.558. The SMILES string of the molecule is Cc1ccc(-c2ccccc2-c2cccc(C)c2)cc1. The second-order valence-electron chi connectivity index (χ2n) is 5.28. The van der Waals surface area contributed by atoms with Gasteiger partial charge in [0.15, 0.2) is 0 Å². The van der Waals surface area contributed by atoms with E-state index in [4.69, 9.17) is 0 Å². The molecule has 0 nitrogen and oxygen atoms in total. The largest absolute Gasteiger partial charge is 0.0616 e. The molecule has 0 atom stereocenters. The van der Waals surface area contributed by atoms with Crippen LogP contribution in [0.1, 0.15) is 11.1 Å². The molecule has 0 unspecified atom stereocenters. The van der Waals surface area contributed by atoms with E-state index >= 15 is 0 Å². The molecular weight excluding hydrogens is 240 g/mol. The summed E-state index contributed by atoms with van der Waals surface area (Å²) in [7, 11) is 0. The van der Waals surface area contributed by atoms with Gasteiger partial charge < -0.3 is 0 Å². The van der Waals surface area contributed by atoms with E-state index in [1.807, 2.05) is 0 Å². The van der Waals surface area contributed by atoms with Gasteiger partial charge in [-0.05, 0) is 36.1 Å². The second-order valence-corrected chi connectivity index (χ2v) is 5.28. The zero-order valence-electron chi connectivity index (χ0n) is 11.9. The van der Waals surface area contributed by atoms with Crippen LogP contribution in [-0.2, 0) is 0 Å². The number of hydrogen-bond acceptors (Lipinski definition) is 0. The molecule has 0 fully saturated rings. The average Bonchev–Trinajstić information content (AvgIpc) is 2.48. The van der Waals surface area contributed by atoms with Crippen molar-refractivity contribution in [3.05, 3.63) is 83.9 Å². The van der Waals surface area contributed by atoms with Gasteiger partial charge in [0.05, 0.1) is 0 Å². The Bertz CT molecular complexity index is 721. The topological polar surface area (TPSA) is 0 Å².